The number of nitrogens with zero attached hydrogens (tertiary/aromatic N) is 1. The van der Waals surface area contributed by atoms with Crippen molar-refractivity contribution in [1.82, 2.24) is 15.6 Å². The highest BCUT2D eigenvalue weighted by molar-refractivity contribution is 7.13. The van der Waals surface area contributed by atoms with Gasteiger partial charge in [-0.3, -0.25) is 10.1 Å². The van der Waals surface area contributed by atoms with Gasteiger partial charge < -0.3 is 15.7 Å². The Balaban J connectivity index is 1.61. The lowest BCUT2D eigenvalue weighted by atomic mass is 10.2. The van der Waals surface area contributed by atoms with Crippen molar-refractivity contribution in [2.24, 2.45) is 0 Å². The molecule has 8 heteroatoms. The summed E-state index contributed by atoms with van der Waals surface area (Å²) in [6.07, 6.45) is 2.20. The van der Waals surface area contributed by atoms with Gasteiger partial charge in [-0.2, -0.15) is 0 Å². The number of carbonyl (C=O) groups is 2. The fourth-order valence-corrected chi connectivity index (χ4v) is 2.19. The van der Waals surface area contributed by atoms with E-state index in [1.807, 2.05) is 0 Å². The van der Waals surface area contributed by atoms with Crippen molar-refractivity contribution < 1.29 is 14.7 Å². The zero-order chi connectivity index (χ0) is 15.8. The summed E-state index contributed by atoms with van der Waals surface area (Å²) < 4.78 is 0. The standard InChI is InChI=1S/C14H16N4O3S/c19-11-4-1-3-10(9-11)12(20)15-5-2-6-16-13(21)18-14-17-7-8-22-14/h1,3-4,7-9,19H,2,5-6H2,(H,15,20)(H2,16,17,18,21). The van der Waals surface area contributed by atoms with E-state index in [0.717, 1.165) is 0 Å². The monoisotopic (exact) mass is 320 g/mol. The maximum Gasteiger partial charge on any atom is 0.321 e. The maximum atomic E-state index is 11.8. The Morgan fingerprint density at radius 3 is 2.77 bits per heavy atom. The molecule has 7 nitrogen and oxygen atoms in total. The molecule has 0 aliphatic carbocycles. The smallest absolute Gasteiger partial charge is 0.321 e. The van der Waals surface area contributed by atoms with Crippen molar-refractivity contribution >= 4 is 28.4 Å². The van der Waals surface area contributed by atoms with Gasteiger partial charge in [0.05, 0.1) is 0 Å². The minimum Gasteiger partial charge on any atom is -0.508 e. The summed E-state index contributed by atoms with van der Waals surface area (Å²) in [5, 5.41) is 19.6. The van der Waals surface area contributed by atoms with Crippen molar-refractivity contribution in [3.8, 4) is 5.75 Å². The molecule has 0 saturated carbocycles. The summed E-state index contributed by atoms with van der Waals surface area (Å²) in [6, 6.07) is 5.80. The second-order valence-electron chi connectivity index (χ2n) is 4.38. The van der Waals surface area contributed by atoms with Crippen LogP contribution in [0.1, 0.15) is 16.8 Å². The summed E-state index contributed by atoms with van der Waals surface area (Å²) in [5.74, 6) is -0.212. The Morgan fingerprint density at radius 2 is 2.05 bits per heavy atom. The summed E-state index contributed by atoms with van der Waals surface area (Å²) in [5.41, 5.74) is 0.398. The lowest BCUT2D eigenvalue weighted by molar-refractivity contribution is 0.0953. The van der Waals surface area contributed by atoms with Gasteiger partial charge in [0, 0.05) is 30.2 Å². The number of urea groups is 1. The number of hydrogen-bond donors (Lipinski definition) is 4. The highest BCUT2D eigenvalue weighted by Gasteiger charge is 2.06. The first-order valence-electron chi connectivity index (χ1n) is 6.67. The molecule has 0 bridgehead atoms. The van der Waals surface area contributed by atoms with E-state index in [2.05, 4.69) is 20.9 Å². The van der Waals surface area contributed by atoms with E-state index in [9.17, 15) is 14.7 Å². The fraction of sp³-hybridized carbons (Fsp3) is 0.214. The first kappa shape index (κ1) is 15.8. The van der Waals surface area contributed by atoms with Gasteiger partial charge in [-0.25, -0.2) is 9.78 Å². The van der Waals surface area contributed by atoms with Crippen LogP contribution in [0.3, 0.4) is 0 Å². The SMILES string of the molecule is O=C(NCCCNC(=O)c1cccc(O)c1)Nc1nccs1. The van der Waals surface area contributed by atoms with Crippen LogP contribution >= 0.6 is 11.3 Å². The molecule has 1 aromatic heterocycles. The number of benzene rings is 1. The first-order chi connectivity index (χ1) is 10.6. The van der Waals surface area contributed by atoms with Crippen LogP contribution < -0.4 is 16.0 Å². The largest absolute Gasteiger partial charge is 0.508 e. The van der Waals surface area contributed by atoms with E-state index >= 15 is 0 Å². The van der Waals surface area contributed by atoms with Crippen molar-refractivity contribution in [1.29, 1.82) is 0 Å². The molecule has 116 valence electrons. The van der Waals surface area contributed by atoms with Gasteiger partial charge in [0.25, 0.3) is 5.91 Å². The van der Waals surface area contributed by atoms with Gasteiger partial charge in [-0.1, -0.05) is 6.07 Å². The molecule has 0 fully saturated rings. The number of amides is 3. The van der Waals surface area contributed by atoms with Crippen LogP contribution in [0.15, 0.2) is 35.8 Å². The number of thiazole rings is 1. The predicted octanol–water partition coefficient (Wildman–Crippen LogP) is 1.79. The molecule has 0 saturated heterocycles. The third kappa shape index (κ3) is 5.06. The average Bonchev–Trinajstić information content (AvgIpc) is 2.99. The zero-order valence-electron chi connectivity index (χ0n) is 11.7. The molecule has 0 unspecified atom stereocenters. The summed E-state index contributed by atoms with van der Waals surface area (Å²) >= 11 is 1.34. The minimum absolute atomic E-state index is 0.0492. The van der Waals surface area contributed by atoms with Crippen LogP contribution in [0.2, 0.25) is 0 Å². The third-order valence-electron chi connectivity index (χ3n) is 2.69. The van der Waals surface area contributed by atoms with Crippen LogP contribution in [-0.2, 0) is 0 Å². The van der Waals surface area contributed by atoms with E-state index in [1.165, 1.54) is 23.5 Å². The van der Waals surface area contributed by atoms with Crippen molar-refractivity contribution in [2.45, 2.75) is 6.42 Å². The Morgan fingerprint density at radius 1 is 1.23 bits per heavy atom. The number of nitrogens with one attached hydrogen (secondary N) is 3. The molecule has 0 radical (unpaired) electrons. The molecule has 4 N–H and O–H groups in total. The number of anilines is 1. The van der Waals surface area contributed by atoms with Crippen molar-refractivity contribution in [2.75, 3.05) is 18.4 Å². The summed E-state index contributed by atoms with van der Waals surface area (Å²) in [4.78, 5) is 27.2. The van der Waals surface area contributed by atoms with Crippen molar-refractivity contribution in [3.63, 3.8) is 0 Å². The maximum absolute atomic E-state index is 11.8. The van der Waals surface area contributed by atoms with Gasteiger partial charge in [0.2, 0.25) is 0 Å². The zero-order valence-corrected chi connectivity index (χ0v) is 12.5. The first-order valence-corrected chi connectivity index (χ1v) is 7.54. The Labute approximate surface area is 131 Å². The number of phenolic OH excluding ortho intramolecular Hbond substituents is 1. The quantitative estimate of drug-likeness (QED) is 0.609. The highest BCUT2D eigenvalue weighted by Crippen LogP contribution is 2.10. The van der Waals surface area contributed by atoms with Crippen LogP contribution in [0.5, 0.6) is 5.75 Å². The van der Waals surface area contributed by atoms with Gasteiger partial charge in [0.1, 0.15) is 5.75 Å². The van der Waals surface area contributed by atoms with Crippen LogP contribution in [0.4, 0.5) is 9.93 Å². The Kier molecular flexibility index (Phi) is 5.73. The van der Waals surface area contributed by atoms with Gasteiger partial charge >= 0.3 is 6.03 Å². The summed E-state index contributed by atoms with van der Waals surface area (Å²) in [6.45, 7) is 0.851. The second kappa shape index (κ2) is 7.99. The molecule has 0 spiro atoms. The van der Waals surface area contributed by atoms with Gasteiger partial charge in [0.15, 0.2) is 5.13 Å². The molecule has 0 aliphatic rings. The van der Waals surface area contributed by atoms with Crippen LogP contribution in [0.25, 0.3) is 0 Å². The molecule has 0 atom stereocenters. The van der Waals surface area contributed by atoms with Gasteiger partial charge in [-0.15, -0.1) is 11.3 Å². The molecule has 1 aromatic carbocycles. The minimum atomic E-state index is -0.325. The number of phenols is 1. The van der Waals surface area contributed by atoms with E-state index in [4.69, 9.17) is 0 Å². The highest BCUT2D eigenvalue weighted by atomic mass is 32.1. The Bertz CT molecular complexity index is 631. The Hall–Kier alpha value is -2.61. The third-order valence-corrected chi connectivity index (χ3v) is 3.37. The molecule has 3 amide bonds. The molecule has 1 heterocycles. The lowest BCUT2D eigenvalue weighted by Gasteiger charge is -2.07. The van der Waals surface area contributed by atoms with E-state index in [0.29, 0.717) is 30.2 Å². The second-order valence-corrected chi connectivity index (χ2v) is 5.27. The molecular formula is C14H16N4O3S. The fourth-order valence-electron chi connectivity index (χ4n) is 1.67. The normalized spacial score (nSPS) is 10.0. The summed E-state index contributed by atoms with van der Waals surface area (Å²) in [7, 11) is 0. The number of hydrogen-bond acceptors (Lipinski definition) is 5. The van der Waals surface area contributed by atoms with E-state index < -0.39 is 0 Å². The molecule has 0 aliphatic heterocycles. The lowest BCUT2D eigenvalue weighted by Crippen LogP contribution is -2.32. The average molecular weight is 320 g/mol. The molecular weight excluding hydrogens is 304 g/mol. The number of aromatic nitrogens is 1. The van der Waals surface area contributed by atoms with Crippen LogP contribution in [-0.4, -0.2) is 35.1 Å². The van der Waals surface area contributed by atoms with Crippen LogP contribution in [0, 0.1) is 0 Å². The number of aromatic hydroxyl groups is 1. The predicted molar refractivity (Wildman–Crippen MR) is 84.2 cm³/mol. The number of rotatable bonds is 6. The topological polar surface area (TPSA) is 103 Å². The van der Waals surface area contributed by atoms with Gasteiger partial charge in [-0.05, 0) is 24.6 Å². The number of carbonyl (C=O) groups excluding carboxylic acids is 2. The molecule has 2 aromatic rings. The molecule has 22 heavy (non-hydrogen) atoms. The van der Waals surface area contributed by atoms with E-state index in [-0.39, 0.29) is 17.7 Å². The molecule has 2 rings (SSSR count). The van der Waals surface area contributed by atoms with E-state index in [1.54, 1.807) is 23.7 Å². The van der Waals surface area contributed by atoms with Crippen molar-refractivity contribution in [3.05, 3.63) is 41.4 Å².